The third-order valence-electron chi connectivity index (χ3n) is 3.71. The van der Waals surface area contributed by atoms with Crippen LogP contribution in [0.3, 0.4) is 0 Å². The van der Waals surface area contributed by atoms with Crippen molar-refractivity contribution in [2.75, 3.05) is 18.8 Å². The van der Waals surface area contributed by atoms with Gasteiger partial charge >= 0.3 is 6.18 Å². The molecule has 27 heavy (non-hydrogen) atoms. The van der Waals surface area contributed by atoms with Gasteiger partial charge in [-0.1, -0.05) is 41.6 Å². The number of halogens is 3. The van der Waals surface area contributed by atoms with E-state index in [0.717, 1.165) is 27.8 Å². The smallest absolute Gasteiger partial charge is 0.329 e. The number of nitrogens with zero attached hydrogens (tertiary/aromatic N) is 4. The second-order valence-electron chi connectivity index (χ2n) is 5.89. The van der Waals surface area contributed by atoms with Crippen LogP contribution in [0.2, 0.25) is 0 Å². The van der Waals surface area contributed by atoms with Crippen LogP contribution in [0.15, 0.2) is 42.1 Å². The fourth-order valence-electron chi connectivity index (χ4n) is 2.52. The zero-order valence-electron chi connectivity index (χ0n) is 15.2. The fraction of sp³-hybridized carbons (Fsp3) is 0.389. The van der Waals surface area contributed by atoms with Crippen molar-refractivity contribution in [1.29, 1.82) is 0 Å². The number of hydrogen-bond donors (Lipinski definition) is 0. The maximum Gasteiger partial charge on any atom is 0.406 e. The van der Waals surface area contributed by atoms with Gasteiger partial charge in [0.2, 0.25) is 5.91 Å². The molecule has 1 aromatic heterocycles. The van der Waals surface area contributed by atoms with E-state index in [4.69, 9.17) is 0 Å². The summed E-state index contributed by atoms with van der Waals surface area (Å²) >= 11 is 1.08. The summed E-state index contributed by atoms with van der Waals surface area (Å²) in [5.41, 5.74) is 1.97. The molecule has 1 amide bonds. The van der Waals surface area contributed by atoms with E-state index in [1.165, 1.54) is 6.08 Å². The Kier molecular flexibility index (Phi) is 7.06. The van der Waals surface area contributed by atoms with Gasteiger partial charge in [-0.05, 0) is 19.9 Å². The number of alkyl halides is 3. The van der Waals surface area contributed by atoms with Crippen molar-refractivity contribution in [2.45, 2.75) is 31.7 Å². The quantitative estimate of drug-likeness (QED) is 0.499. The fourth-order valence-corrected chi connectivity index (χ4v) is 3.43. The molecule has 0 fully saturated rings. The summed E-state index contributed by atoms with van der Waals surface area (Å²) in [4.78, 5) is 12.9. The molecule has 0 N–H and O–H groups in total. The Morgan fingerprint density at radius 1 is 1.37 bits per heavy atom. The van der Waals surface area contributed by atoms with Crippen LogP contribution in [0.4, 0.5) is 13.2 Å². The predicted octanol–water partition coefficient (Wildman–Crippen LogP) is 3.94. The lowest BCUT2D eigenvalue weighted by Crippen LogP contribution is -2.40. The molecule has 0 radical (unpaired) electrons. The Balaban J connectivity index is 2.13. The molecule has 0 aliphatic carbocycles. The zero-order valence-corrected chi connectivity index (χ0v) is 16.0. The summed E-state index contributed by atoms with van der Waals surface area (Å²) in [6.45, 7) is 6.42. The summed E-state index contributed by atoms with van der Waals surface area (Å²) in [7, 11) is 0. The number of aromatic nitrogens is 3. The lowest BCUT2D eigenvalue weighted by atomic mass is 10.1. The molecule has 0 spiro atoms. The van der Waals surface area contributed by atoms with Crippen LogP contribution in [0.25, 0.3) is 11.4 Å². The minimum atomic E-state index is -4.45. The van der Waals surface area contributed by atoms with Crippen molar-refractivity contribution in [3.63, 3.8) is 0 Å². The highest BCUT2D eigenvalue weighted by Crippen LogP contribution is 2.25. The van der Waals surface area contributed by atoms with Crippen molar-refractivity contribution in [3.05, 3.63) is 42.5 Å². The average Bonchev–Trinajstić information content (AvgIpc) is 3.01. The van der Waals surface area contributed by atoms with Gasteiger partial charge in [-0.25, -0.2) is 0 Å². The standard InChI is InChI=1S/C18H21F3N4OS/c1-4-9-24(12-18(19,20)21)15(26)11-27-17-23-22-16(25(17)5-2)14-8-6-7-13(3)10-14/h4,6-8,10H,1,5,9,11-12H2,2-3H3. The highest BCUT2D eigenvalue weighted by molar-refractivity contribution is 7.99. The van der Waals surface area contributed by atoms with Crippen LogP contribution >= 0.6 is 11.8 Å². The summed E-state index contributed by atoms with van der Waals surface area (Å²) in [5, 5.41) is 8.79. The number of rotatable bonds is 8. The Labute approximate surface area is 160 Å². The molecule has 2 aromatic rings. The average molecular weight is 398 g/mol. The molecule has 5 nitrogen and oxygen atoms in total. The molecule has 0 bridgehead atoms. The normalized spacial score (nSPS) is 11.4. The lowest BCUT2D eigenvalue weighted by molar-refractivity contribution is -0.158. The second-order valence-corrected chi connectivity index (χ2v) is 6.83. The third kappa shape index (κ3) is 5.85. The highest BCUT2D eigenvalue weighted by atomic mass is 32.2. The number of aryl methyl sites for hydroxylation is 1. The summed E-state index contributed by atoms with van der Waals surface area (Å²) in [6.07, 6.45) is -3.18. The molecule has 0 saturated carbocycles. The van der Waals surface area contributed by atoms with E-state index in [0.29, 0.717) is 17.5 Å². The van der Waals surface area contributed by atoms with Crippen LogP contribution in [0, 0.1) is 6.92 Å². The molecule has 0 aliphatic heterocycles. The van der Waals surface area contributed by atoms with E-state index in [2.05, 4.69) is 16.8 Å². The molecule has 9 heteroatoms. The van der Waals surface area contributed by atoms with E-state index < -0.39 is 18.6 Å². The Morgan fingerprint density at radius 3 is 2.70 bits per heavy atom. The van der Waals surface area contributed by atoms with E-state index in [-0.39, 0.29) is 12.3 Å². The Bertz CT molecular complexity index is 804. The molecule has 0 atom stereocenters. The van der Waals surface area contributed by atoms with Gasteiger partial charge in [-0.3, -0.25) is 4.79 Å². The SMILES string of the molecule is C=CCN(CC(F)(F)F)C(=O)CSc1nnc(-c2cccc(C)c2)n1CC. The number of amides is 1. The Morgan fingerprint density at radius 2 is 2.11 bits per heavy atom. The van der Waals surface area contributed by atoms with Gasteiger partial charge in [-0.2, -0.15) is 13.2 Å². The Hall–Kier alpha value is -2.29. The first-order valence-electron chi connectivity index (χ1n) is 8.33. The second kappa shape index (κ2) is 9.07. The maximum atomic E-state index is 12.6. The molecule has 0 aliphatic rings. The number of carbonyl (C=O) groups excluding carboxylic acids is 1. The molecule has 146 valence electrons. The molecule has 2 rings (SSSR count). The van der Waals surface area contributed by atoms with Gasteiger partial charge in [0.1, 0.15) is 6.54 Å². The van der Waals surface area contributed by atoms with Crippen LogP contribution in [0.1, 0.15) is 12.5 Å². The molecular weight excluding hydrogens is 377 g/mol. The first-order chi connectivity index (χ1) is 12.7. The van der Waals surface area contributed by atoms with Crippen LogP contribution < -0.4 is 0 Å². The van der Waals surface area contributed by atoms with Crippen molar-refractivity contribution in [3.8, 4) is 11.4 Å². The van der Waals surface area contributed by atoms with E-state index in [1.54, 1.807) is 0 Å². The van der Waals surface area contributed by atoms with Crippen molar-refractivity contribution < 1.29 is 18.0 Å². The van der Waals surface area contributed by atoms with Gasteiger partial charge in [0, 0.05) is 18.7 Å². The monoisotopic (exact) mass is 398 g/mol. The predicted molar refractivity (Wildman–Crippen MR) is 99.4 cm³/mol. The number of benzene rings is 1. The number of carbonyl (C=O) groups is 1. The van der Waals surface area contributed by atoms with Gasteiger partial charge in [0.15, 0.2) is 11.0 Å². The highest BCUT2D eigenvalue weighted by Gasteiger charge is 2.32. The van der Waals surface area contributed by atoms with E-state index in [1.807, 2.05) is 42.7 Å². The van der Waals surface area contributed by atoms with E-state index in [9.17, 15) is 18.0 Å². The van der Waals surface area contributed by atoms with Crippen LogP contribution in [-0.4, -0.2) is 50.6 Å². The maximum absolute atomic E-state index is 12.6. The van der Waals surface area contributed by atoms with Gasteiger partial charge in [0.25, 0.3) is 0 Å². The van der Waals surface area contributed by atoms with Crippen LogP contribution in [-0.2, 0) is 11.3 Å². The summed E-state index contributed by atoms with van der Waals surface area (Å²) in [6, 6.07) is 7.78. The first-order valence-corrected chi connectivity index (χ1v) is 9.32. The number of thioether (sulfide) groups is 1. The summed E-state index contributed by atoms with van der Waals surface area (Å²) < 4.78 is 39.7. The topological polar surface area (TPSA) is 51.0 Å². The first kappa shape index (κ1) is 21.0. The van der Waals surface area contributed by atoms with Crippen molar-refractivity contribution >= 4 is 17.7 Å². The lowest BCUT2D eigenvalue weighted by Gasteiger charge is -2.22. The third-order valence-corrected chi connectivity index (χ3v) is 4.66. The van der Waals surface area contributed by atoms with Gasteiger partial charge < -0.3 is 9.47 Å². The largest absolute Gasteiger partial charge is 0.406 e. The van der Waals surface area contributed by atoms with E-state index >= 15 is 0 Å². The zero-order chi connectivity index (χ0) is 20.0. The molecule has 1 heterocycles. The van der Waals surface area contributed by atoms with Crippen LogP contribution in [0.5, 0.6) is 0 Å². The van der Waals surface area contributed by atoms with Crippen molar-refractivity contribution in [1.82, 2.24) is 19.7 Å². The summed E-state index contributed by atoms with van der Waals surface area (Å²) in [5.74, 6) is -0.120. The molecule has 1 aromatic carbocycles. The minimum absolute atomic E-state index is 0.157. The van der Waals surface area contributed by atoms with Gasteiger partial charge in [0.05, 0.1) is 5.75 Å². The van der Waals surface area contributed by atoms with Gasteiger partial charge in [-0.15, -0.1) is 16.8 Å². The molecule has 0 unspecified atom stereocenters. The minimum Gasteiger partial charge on any atom is -0.329 e. The molecule has 0 saturated heterocycles. The van der Waals surface area contributed by atoms with Crippen molar-refractivity contribution in [2.24, 2.45) is 0 Å². The molecular formula is C18H21F3N4OS. The number of hydrogen-bond acceptors (Lipinski definition) is 4.